The molecule has 0 aliphatic carbocycles. The number of benzene rings is 1. The van der Waals surface area contributed by atoms with Gasteiger partial charge in [0, 0.05) is 33.7 Å². The molecule has 130 valence electrons. The van der Waals surface area contributed by atoms with E-state index in [0.29, 0.717) is 27.3 Å². The van der Waals surface area contributed by atoms with Gasteiger partial charge in [0.15, 0.2) is 10.8 Å². The Kier molecular flexibility index (Phi) is 5.51. The smallest absolute Gasteiger partial charge is 0.337 e. The third-order valence-corrected chi connectivity index (χ3v) is 5.29. The van der Waals surface area contributed by atoms with Gasteiger partial charge in [-0.1, -0.05) is 27.5 Å². The molecule has 9 heteroatoms. The minimum atomic E-state index is -0.724. The summed E-state index contributed by atoms with van der Waals surface area (Å²) < 4.78 is 18.8. The van der Waals surface area contributed by atoms with Crippen LogP contribution in [0.1, 0.15) is 22.2 Å². The van der Waals surface area contributed by atoms with Crippen LogP contribution in [0.3, 0.4) is 0 Å². The molecule has 0 radical (unpaired) electrons. The van der Waals surface area contributed by atoms with Crippen molar-refractivity contribution in [2.75, 3.05) is 7.11 Å². The number of amidine groups is 1. The summed E-state index contributed by atoms with van der Waals surface area (Å²) in [5.74, 6) is -0.457. The maximum atomic E-state index is 13.9. The Morgan fingerprint density at radius 3 is 2.96 bits per heavy atom. The molecule has 1 aromatic heterocycles. The van der Waals surface area contributed by atoms with Gasteiger partial charge in [-0.3, -0.25) is 4.99 Å². The predicted octanol–water partition coefficient (Wildman–Crippen LogP) is 3.98. The minimum absolute atomic E-state index is 0.186. The Labute approximate surface area is 160 Å². The number of rotatable bonds is 4. The summed E-state index contributed by atoms with van der Waals surface area (Å²) in [6.07, 6.45) is 3.18. The fraction of sp³-hybridized carbons (Fsp3) is 0.188. The molecule has 2 aromatic rings. The number of hydrogen-bond donors (Lipinski definition) is 1. The summed E-state index contributed by atoms with van der Waals surface area (Å²) in [6.45, 7) is 0. The van der Waals surface area contributed by atoms with Crippen LogP contribution >= 0.6 is 38.9 Å². The quantitative estimate of drug-likeness (QED) is 0.572. The van der Waals surface area contributed by atoms with Crippen molar-refractivity contribution in [2.24, 2.45) is 4.99 Å². The van der Waals surface area contributed by atoms with Crippen LogP contribution in [0.4, 0.5) is 4.39 Å². The van der Waals surface area contributed by atoms with Crippen molar-refractivity contribution < 1.29 is 13.9 Å². The Morgan fingerprint density at radius 2 is 2.32 bits per heavy atom. The number of carbonyl (C=O) groups excluding carboxylic acids is 1. The molecule has 2 heterocycles. The third kappa shape index (κ3) is 3.61. The second-order valence-corrected chi connectivity index (χ2v) is 6.91. The van der Waals surface area contributed by atoms with E-state index in [0.717, 1.165) is 0 Å². The molecule has 0 saturated carbocycles. The lowest BCUT2D eigenvalue weighted by Gasteiger charge is -2.23. The molecule has 3 rings (SSSR count). The minimum Gasteiger partial charge on any atom is -0.466 e. The number of hydrogen-bond acceptors (Lipinski definition) is 6. The molecule has 0 unspecified atom stereocenters. The van der Waals surface area contributed by atoms with E-state index < -0.39 is 17.8 Å². The molecule has 1 N–H and O–H groups in total. The van der Waals surface area contributed by atoms with Crippen molar-refractivity contribution in [3.05, 3.63) is 62.5 Å². The van der Waals surface area contributed by atoms with Crippen molar-refractivity contribution in [3.8, 4) is 0 Å². The largest absolute Gasteiger partial charge is 0.466 e. The molecule has 1 atom stereocenters. The van der Waals surface area contributed by atoms with Gasteiger partial charge in [0.1, 0.15) is 11.9 Å². The summed E-state index contributed by atoms with van der Waals surface area (Å²) in [4.78, 5) is 20.9. The molecule has 0 bridgehead atoms. The van der Waals surface area contributed by atoms with Gasteiger partial charge in [-0.2, -0.15) is 0 Å². The van der Waals surface area contributed by atoms with Gasteiger partial charge in [-0.25, -0.2) is 14.2 Å². The number of thiazole rings is 1. The Hall–Kier alpha value is -1.77. The fourth-order valence-electron chi connectivity index (χ4n) is 2.37. The number of nitrogens with one attached hydrogen (secondary N) is 1. The van der Waals surface area contributed by atoms with Gasteiger partial charge in [-0.05, 0) is 17.7 Å². The SMILES string of the molecule is COC(=O)C1=CNC(c2nccs2)=N[C@H]1c1cc(CBr)c(F)cc1Cl. The van der Waals surface area contributed by atoms with Gasteiger partial charge in [0.05, 0.1) is 12.7 Å². The topological polar surface area (TPSA) is 63.6 Å². The molecule has 1 aliphatic rings. The first-order valence-electron chi connectivity index (χ1n) is 7.11. The van der Waals surface area contributed by atoms with Gasteiger partial charge < -0.3 is 10.1 Å². The van der Waals surface area contributed by atoms with Crippen molar-refractivity contribution in [3.63, 3.8) is 0 Å². The number of aromatic nitrogens is 1. The zero-order valence-electron chi connectivity index (χ0n) is 12.9. The van der Waals surface area contributed by atoms with Gasteiger partial charge in [0.2, 0.25) is 0 Å². The summed E-state index contributed by atoms with van der Waals surface area (Å²) in [5.41, 5.74) is 1.22. The monoisotopic (exact) mass is 443 g/mol. The first-order chi connectivity index (χ1) is 12.0. The summed E-state index contributed by atoms with van der Waals surface area (Å²) in [6, 6.07) is 2.10. The molecule has 25 heavy (non-hydrogen) atoms. The van der Waals surface area contributed by atoms with Crippen molar-refractivity contribution in [1.82, 2.24) is 10.3 Å². The second kappa shape index (κ2) is 7.63. The molecular weight excluding hydrogens is 433 g/mol. The molecule has 1 aromatic carbocycles. The highest BCUT2D eigenvalue weighted by Gasteiger charge is 2.30. The summed E-state index contributed by atoms with van der Waals surface area (Å²) in [5, 5.41) is 5.95. The molecule has 0 fully saturated rings. The number of nitrogens with zero attached hydrogens (tertiary/aromatic N) is 2. The van der Waals surface area contributed by atoms with E-state index in [9.17, 15) is 9.18 Å². The van der Waals surface area contributed by atoms with E-state index in [1.165, 1.54) is 30.7 Å². The van der Waals surface area contributed by atoms with E-state index in [1.54, 1.807) is 12.3 Å². The number of carbonyl (C=O) groups is 1. The number of methoxy groups -OCH3 is 1. The number of esters is 1. The van der Waals surface area contributed by atoms with Crippen molar-refractivity contribution in [2.45, 2.75) is 11.4 Å². The molecule has 0 spiro atoms. The number of halogens is 3. The van der Waals surface area contributed by atoms with Gasteiger partial charge >= 0.3 is 5.97 Å². The van der Waals surface area contributed by atoms with Crippen LogP contribution in [-0.2, 0) is 14.9 Å². The first kappa shape index (κ1) is 18.0. The maximum absolute atomic E-state index is 13.9. The maximum Gasteiger partial charge on any atom is 0.337 e. The number of alkyl halides is 1. The van der Waals surface area contributed by atoms with Crippen molar-refractivity contribution >= 4 is 50.7 Å². The normalized spacial score (nSPS) is 16.7. The summed E-state index contributed by atoms with van der Waals surface area (Å²) >= 11 is 10.9. The molecular formula is C16H12BrClFN3O2S. The van der Waals surface area contributed by atoms with E-state index in [4.69, 9.17) is 16.3 Å². The lowest BCUT2D eigenvalue weighted by Crippen LogP contribution is -2.28. The van der Waals surface area contributed by atoms with Crippen LogP contribution in [0.5, 0.6) is 0 Å². The molecule has 1 aliphatic heterocycles. The molecule has 0 amide bonds. The average molecular weight is 445 g/mol. The Balaban J connectivity index is 2.11. The van der Waals surface area contributed by atoms with Crippen LogP contribution in [-0.4, -0.2) is 23.9 Å². The standard InChI is InChI=1S/C16H12BrClFN3O2S/c1-24-16(23)10-7-21-14(15-20-2-3-25-15)22-13(10)9-4-8(6-17)12(19)5-11(9)18/h2-5,7,13H,6H2,1H3,(H,21,22)/t13-/m0/s1. The van der Waals surface area contributed by atoms with Crippen LogP contribution < -0.4 is 5.32 Å². The van der Waals surface area contributed by atoms with Crippen LogP contribution in [0.25, 0.3) is 0 Å². The third-order valence-electron chi connectivity index (χ3n) is 3.58. The zero-order chi connectivity index (χ0) is 18.0. The lowest BCUT2D eigenvalue weighted by molar-refractivity contribution is -0.136. The fourth-order valence-corrected chi connectivity index (χ4v) is 3.65. The van der Waals surface area contributed by atoms with Crippen LogP contribution in [0.15, 0.2) is 40.5 Å². The van der Waals surface area contributed by atoms with E-state index in [-0.39, 0.29) is 10.6 Å². The van der Waals surface area contributed by atoms with Gasteiger partial charge in [0.25, 0.3) is 0 Å². The van der Waals surface area contributed by atoms with Crippen LogP contribution in [0, 0.1) is 5.82 Å². The van der Waals surface area contributed by atoms with Gasteiger partial charge in [-0.15, -0.1) is 11.3 Å². The molecule has 0 saturated heterocycles. The highest BCUT2D eigenvalue weighted by Crippen LogP contribution is 2.36. The second-order valence-electron chi connectivity index (χ2n) is 5.05. The first-order valence-corrected chi connectivity index (χ1v) is 9.49. The molecule has 5 nitrogen and oxygen atoms in total. The predicted molar refractivity (Wildman–Crippen MR) is 98.7 cm³/mol. The zero-order valence-corrected chi connectivity index (χ0v) is 16.1. The average Bonchev–Trinajstić information content (AvgIpc) is 3.15. The Bertz CT molecular complexity index is 871. The Morgan fingerprint density at radius 1 is 1.52 bits per heavy atom. The highest BCUT2D eigenvalue weighted by molar-refractivity contribution is 9.08. The lowest BCUT2D eigenvalue weighted by atomic mass is 9.97. The number of ether oxygens (including phenoxy) is 1. The number of aliphatic imine (C=N–C) groups is 1. The van der Waals surface area contributed by atoms with Crippen molar-refractivity contribution in [1.29, 1.82) is 0 Å². The van der Waals surface area contributed by atoms with E-state index >= 15 is 0 Å². The highest BCUT2D eigenvalue weighted by atomic mass is 79.9. The van der Waals surface area contributed by atoms with Crippen LogP contribution in [0.2, 0.25) is 5.02 Å². The summed E-state index contributed by atoms with van der Waals surface area (Å²) in [7, 11) is 1.29. The van der Waals surface area contributed by atoms with E-state index in [2.05, 4.69) is 31.2 Å². The van der Waals surface area contributed by atoms with E-state index in [1.807, 2.05) is 5.38 Å².